The lowest BCUT2D eigenvalue weighted by atomic mass is 9.76. The van der Waals surface area contributed by atoms with Crippen LogP contribution in [0, 0.1) is 0 Å². The summed E-state index contributed by atoms with van der Waals surface area (Å²) in [6.07, 6.45) is 1.29. The minimum atomic E-state index is 0.193. The smallest absolute Gasteiger partial charge is 0.119 e. The number of rotatable bonds is 5. The van der Waals surface area contributed by atoms with Crippen molar-refractivity contribution in [3.63, 3.8) is 0 Å². The van der Waals surface area contributed by atoms with E-state index >= 15 is 0 Å². The minimum Gasteiger partial charge on any atom is -0.491 e. The Balaban J connectivity index is 2.11. The molecular formula is C14H20O2S. The molecule has 2 rings (SSSR count). The zero-order chi connectivity index (χ0) is 12.3. The van der Waals surface area contributed by atoms with Gasteiger partial charge in [0.05, 0.1) is 19.3 Å². The molecule has 94 valence electrons. The van der Waals surface area contributed by atoms with Crippen LogP contribution in [0.25, 0.3) is 0 Å². The third kappa shape index (κ3) is 2.78. The molecule has 17 heavy (non-hydrogen) atoms. The van der Waals surface area contributed by atoms with Gasteiger partial charge in [-0.3, -0.25) is 0 Å². The molecule has 0 bridgehead atoms. The molecule has 0 atom stereocenters. The van der Waals surface area contributed by atoms with Gasteiger partial charge in [-0.15, -0.1) is 0 Å². The van der Waals surface area contributed by atoms with Crippen LogP contribution < -0.4 is 4.74 Å². The molecule has 0 amide bonds. The van der Waals surface area contributed by atoms with Crippen LogP contribution in [-0.4, -0.2) is 25.1 Å². The highest BCUT2D eigenvalue weighted by Crippen LogP contribution is 2.36. The standard InChI is InChI=1S/C14H20O2S/c1-11(2)16-13-5-3-12(4-6-13)14(7-8-17)9-15-10-14/h3-6,11,17H,7-10H2,1-2H3. The van der Waals surface area contributed by atoms with Crippen molar-refractivity contribution in [2.45, 2.75) is 31.8 Å². The van der Waals surface area contributed by atoms with Crippen LogP contribution in [0.2, 0.25) is 0 Å². The Morgan fingerprint density at radius 3 is 2.35 bits per heavy atom. The van der Waals surface area contributed by atoms with E-state index in [4.69, 9.17) is 9.47 Å². The quantitative estimate of drug-likeness (QED) is 0.812. The summed E-state index contributed by atoms with van der Waals surface area (Å²) in [5.74, 6) is 1.83. The van der Waals surface area contributed by atoms with Gasteiger partial charge in [0.15, 0.2) is 0 Å². The van der Waals surface area contributed by atoms with E-state index in [1.807, 2.05) is 26.0 Å². The van der Waals surface area contributed by atoms with Gasteiger partial charge in [0.25, 0.3) is 0 Å². The summed E-state index contributed by atoms with van der Waals surface area (Å²) < 4.78 is 11.0. The molecule has 1 aliphatic heterocycles. The maximum Gasteiger partial charge on any atom is 0.119 e. The van der Waals surface area contributed by atoms with Crippen molar-refractivity contribution in [3.8, 4) is 5.75 Å². The lowest BCUT2D eigenvalue weighted by molar-refractivity contribution is -0.0614. The predicted molar refractivity (Wildman–Crippen MR) is 73.2 cm³/mol. The lowest BCUT2D eigenvalue weighted by Crippen LogP contribution is -2.47. The summed E-state index contributed by atoms with van der Waals surface area (Å²) in [6, 6.07) is 8.41. The zero-order valence-corrected chi connectivity index (χ0v) is 11.4. The summed E-state index contributed by atoms with van der Waals surface area (Å²) in [5.41, 5.74) is 1.53. The fraction of sp³-hybridized carbons (Fsp3) is 0.571. The fourth-order valence-electron chi connectivity index (χ4n) is 2.18. The van der Waals surface area contributed by atoms with Crippen LogP contribution >= 0.6 is 12.6 Å². The molecule has 0 radical (unpaired) electrons. The highest BCUT2D eigenvalue weighted by atomic mass is 32.1. The molecule has 2 nitrogen and oxygen atoms in total. The van der Waals surface area contributed by atoms with Crippen LogP contribution in [0.1, 0.15) is 25.8 Å². The molecule has 0 unspecified atom stereocenters. The van der Waals surface area contributed by atoms with Crippen molar-refractivity contribution in [1.82, 2.24) is 0 Å². The topological polar surface area (TPSA) is 18.5 Å². The molecule has 1 heterocycles. The van der Waals surface area contributed by atoms with Crippen LogP contribution in [0.4, 0.5) is 0 Å². The molecule has 1 fully saturated rings. The van der Waals surface area contributed by atoms with Crippen molar-refractivity contribution in [3.05, 3.63) is 29.8 Å². The Morgan fingerprint density at radius 2 is 1.94 bits per heavy atom. The van der Waals surface area contributed by atoms with E-state index in [-0.39, 0.29) is 11.5 Å². The van der Waals surface area contributed by atoms with Crippen molar-refractivity contribution in [2.75, 3.05) is 19.0 Å². The third-order valence-corrected chi connectivity index (χ3v) is 3.41. The number of ether oxygens (including phenoxy) is 2. The predicted octanol–water partition coefficient (Wildman–Crippen LogP) is 3.06. The van der Waals surface area contributed by atoms with E-state index in [9.17, 15) is 0 Å². The van der Waals surface area contributed by atoms with Gasteiger partial charge in [-0.25, -0.2) is 0 Å². The van der Waals surface area contributed by atoms with Gasteiger partial charge in [-0.2, -0.15) is 12.6 Å². The molecule has 1 aromatic carbocycles. The van der Waals surface area contributed by atoms with Gasteiger partial charge in [0.2, 0.25) is 0 Å². The lowest BCUT2D eigenvalue weighted by Gasteiger charge is -2.42. The fourth-order valence-corrected chi connectivity index (χ4v) is 2.61. The van der Waals surface area contributed by atoms with E-state index in [0.29, 0.717) is 0 Å². The average molecular weight is 252 g/mol. The van der Waals surface area contributed by atoms with Gasteiger partial charge < -0.3 is 9.47 Å². The third-order valence-electron chi connectivity index (χ3n) is 3.19. The normalized spacial score (nSPS) is 17.9. The molecular weight excluding hydrogens is 232 g/mol. The van der Waals surface area contributed by atoms with Gasteiger partial charge in [0, 0.05) is 5.41 Å². The van der Waals surface area contributed by atoms with Crippen LogP contribution in [-0.2, 0) is 10.2 Å². The van der Waals surface area contributed by atoms with Crippen LogP contribution in [0.5, 0.6) is 5.75 Å². The van der Waals surface area contributed by atoms with Crippen molar-refractivity contribution in [2.24, 2.45) is 0 Å². The van der Waals surface area contributed by atoms with Crippen LogP contribution in [0.15, 0.2) is 24.3 Å². The average Bonchev–Trinajstić information content (AvgIpc) is 2.24. The first-order valence-corrected chi connectivity index (χ1v) is 6.75. The van der Waals surface area contributed by atoms with Crippen molar-refractivity contribution < 1.29 is 9.47 Å². The Bertz CT molecular complexity index is 355. The summed E-state index contributed by atoms with van der Waals surface area (Å²) in [4.78, 5) is 0. The van der Waals surface area contributed by atoms with Gasteiger partial charge in [-0.05, 0) is 43.7 Å². The Kier molecular flexibility index (Phi) is 4.00. The molecule has 0 spiro atoms. The van der Waals surface area contributed by atoms with Crippen LogP contribution in [0.3, 0.4) is 0 Å². The van der Waals surface area contributed by atoms with Gasteiger partial charge in [0.1, 0.15) is 5.75 Å². The Morgan fingerprint density at radius 1 is 1.29 bits per heavy atom. The SMILES string of the molecule is CC(C)Oc1ccc(C2(CCS)COC2)cc1. The molecule has 0 N–H and O–H groups in total. The van der Waals surface area contributed by atoms with E-state index in [2.05, 4.69) is 24.8 Å². The zero-order valence-electron chi connectivity index (χ0n) is 10.5. The molecule has 3 heteroatoms. The second kappa shape index (κ2) is 5.32. The number of hydrogen-bond acceptors (Lipinski definition) is 3. The first-order chi connectivity index (χ1) is 8.16. The summed E-state index contributed by atoms with van der Waals surface area (Å²) in [5, 5.41) is 0. The second-order valence-electron chi connectivity index (χ2n) is 4.94. The van der Waals surface area contributed by atoms with Crippen molar-refractivity contribution in [1.29, 1.82) is 0 Å². The Hall–Kier alpha value is -0.670. The van der Waals surface area contributed by atoms with Gasteiger partial charge in [-0.1, -0.05) is 12.1 Å². The molecule has 1 aromatic rings. The minimum absolute atomic E-state index is 0.193. The number of hydrogen-bond donors (Lipinski definition) is 1. The monoisotopic (exact) mass is 252 g/mol. The van der Waals surface area contributed by atoms with E-state index < -0.39 is 0 Å². The molecule has 1 saturated heterocycles. The van der Waals surface area contributed by atoms with E-state index in [1.54, 1.807) is 0 Å². The summed E-state index contributed by atoms with van der Waals surface area (Å²) in [6.45, 7) is 5.71. The maximum atomic E-state index is 5.65. The van der Waals surface area contributed by atoms with Crippen molar-refractivity contribution >= 4 is 12.6 Å². The largest absolute Gasteiger partial charge is 0.491 e. The number of benzene rings is 1. The first kappa shape index (κ1) is 12.8. The summed E-state index contributed by atoms with van der Waals surface area (Å²) in [7, 11) is 0. The van der Waals surface area contributed by atoms with E-state index in [0.717, 1.165) is 31.1 Å². The maximum absolute atomic E-state index is 5.65. The molecule has 0 aromatic heterocycles. The molecule has 1 aliphatic rings. The van der Waals surface area contributed by atoms with E-state index in [1.165, 1.54) is 5.56 Å². The molecule has 0 aliphatic carbocycles. The van der Waals surface area contributed by atoms with Gasteiger partial charge >= 0.3 is 0 Å². The highest BCUT2D eigenvalue weighted by molar-refractivity contribution is 7.80. The first-order valence-electron chi connectivity index (χ1n) is 6.12. The Labute approximate surface area is 109 Å². The second-order valence-corrected chi connectivity index (χ2v) is 5.38. The number of thiol groups is 1. The highest BCUT2D eigenvalue weighted by Gasteiger charge is 2.39. The molecule has 0 saturated carbocycles. The summed E-state index contributed by atoms with van der Waals surface area (Å²) >= 11 is 4.34.